The zero-order chi connectivity index (χ0) is 7.14. The first-order chi connectivity index (χ1) is 4.79. The van der Waals surface area contributed by atoms with Gasteiger partial charge in [-0.1, -0.05) is 0 Å². The third-order valence-corrected chi connectivity index (χ3v) is 2.15. The van der Waals surface area contributed by atoms with Crippen LogP contribution in [0, 0.1) is 0 Å². The van der Waals surface area contributed by atoms with Crippen molar-refractivity contribution < 1.29 is 4.79 Å². The van der Waals surface area contributed by atoms with Crippen LogP contribution in [0.4, 0.5) is 0 Å². The molecule has 2 rings (SSSR count). The summed E-state index contributed by atoms with van der Waals surface area (Å²) in [6.07, 6.45) is 0. The van der Waals surface area contributed by atoms with Crippen LogP contribution in [0.1, 0.15) is 0 Å². The molecule has 1 N–H and O–H groups in total. The SMILES string of the molecule is CN1[N-]CC2NCC(=O)C21. The average Bonchev–Trinajstić information content (AvgIpc) is 2.40. The quantitative estimate of drug-likeness (QED) is 0.476. The Kier molecular flexibility index (Phi) is 1.26. The number of ketones is 1. The lowest BCUT2D eigenvalue weighted by molar-refractivity contribution is -0.119. The van der Waals surface area contributed by atoms with Gasteiger partial charge in [-0.25, -0.2) is 0 Å². The van der Waals surface area contributed by atoms with E-state index in [2.05, 4.69) is 10.7 Å². The lowest BCUT2D eigenvalue weighted by atomic mass is 10.1. The van der Waals surface area contributed by atoms with Crippen molar-refractivity contribution in [2.45, 2.75) is 12.1 Å². The molecule has 0 bridgehead atoms. The number of nitrogens with zero attached hydrogens (tertiary/aromatic N) is 2. The molecule has 0 aliphatic carbocycles. The van der Waals surface area contributed by atoms with E-state index in [0.29, 0.717) is 6.54 Å². The predicted octanol–water partition coefficient (Wildman–Crippen LogP) is -0.870. The molecular formula is C6H10N3O-. The Bertz CT molecular complexity index is 170. The Morgan fingerprint density at radius 1 is 1.80 bits per heavy atom. The maximum Gasteiger partial charge on any atom is 0.163 e. The average molecular weight is 140 g/mol. The van der Waals surface area contributed by atoms with Crippen LogP contribution >= 0.6 is 0 Å². The first kappa shape index (κ1) is 6.27. The molecule has 4 heteroatoms. The normalized spacial score (nSPS) is 40.7. The standard InChI is InChI=1S/C6H10N3O/c1-9-6-4(2-8-9)7-3-5(6)10/h4,6-7H,2-3H2,1H3/q-1. The number of rotatable bonds is 0. The second-order valence-electron chi connectivity index (χ2n) is 2.80. The Morgan fingerprint density at radius 3 is 3.30 bits per heavy atom. The van der Waals surface area contributed by atoms with E-state index >= 15 is 0 Å². The Labute approximate surface area is 59.5 Å². The van der Waals surface area contributed by atoms with Crippen LogP contribution in [0.5, 0.6) is 0 Å². The molecule has 0 radical (unpaired) electrons. The van der Waals surface area contributed by atoms with Crippen molar-refractivity contribution >= 4 is 5.78 Å². The third-order valence-electron chi connectivity index (χ3n) is 2.15. The van der Waals surface area contributed by atoms with Gasteiger partial charge in [-0.2, -0.15) is 0 Å². The van der Waals surface area contributed by atoms with Gasteiger partial charge in [-0.15, -0.1) is 6.54 Å². The molecule has 4 nitrogen and oxygen atoms in total. The van der Waals surface area contributed by atoms with Crippen LogP contribution in [0.25, 0.3) is 5.43 Å². The van der Waals surface area contributed by atoms with Crippen LogP contribution in [0.2, 0.25) is 0 Å². The minimum Gasteiger partial charge on any atom is -0.593 e. The summed E-state index contributed by atoms with van der Waals surface area (Å²) in [5.74, 6) is 0.272. The number of carbonyl (C=O) groups is 1. The van der Waals surface area contributed by atoms with Crippen molar-refractivity contribution in [2.24, 2.45) is 0 Å². The van der Waals surface area contributed by atoms with Gasteiger partial charge in [-0.05, 0) is 7.05 Å². The molecule has 0 spiro atoms. The molecule has 2 heterocycles. The molecule has 2 unspecified atom stereocenters. The van der Waals surface area contributed by atoms with E-state index in [4.69, 9.17) is 0 Å². The molecule has 2 atom stereocenters. The predicted molar refractivity (Wildman–Crippen MR) is 36.6 cm³/mol. The summed E-state index contributed by atoms with van der Waals surface area (Å²) in [5.41, 5.74) is 4.12. The van der Waals surface area contributed by atoms with Crippen LogP contribution < -0.4 is 5.32 Å². The lowest BCUT2D eigenvalue weighted by Gasteiger charge is -2.27. The van der Waals surface area contributed by atoms with E-state index in [9.17, 15) is 4.79 Å². The van der Waals surface area contributed by atoms with Gasteiger partial charge in [0.15, 0.2) is 5.78 Å². The summed E-state index contributed by atoms with van der Waals surface area (Å²) < 4.78 is 0. The molecule has 2 aliphatic heterocycles. The number of carbonyl (C=O) groups excluding carboxylic acids is 1. The lowest BCUT2D eigenvalue weighted by Crippen LogP contribution is -2.35. The highest BCUT2D eigenvalue weighted by molar-refractivity contribution is 5.89. The minimum atomic E-state index is 0.0278. The highest BCUT2D eigenvalue weighted by Crippen LogP contribution is 2.21. The molecule has 2 aliphatic rings. The fraction of sp³-hybridized carbons (Fsp3) is 0.833. The molecule has 0 saturated carbocycles. The monoisotopic (exact) mass is 140 g/mol. The second kappa shape index (κ2) is 2.02. The number of fused-ring (bicyclic) bond motifs is 1. The van der Waals surface area contributed by atoms with E-state index < -0.39 is 0 Å². The number of Topliss-reactive ketones (excluding diaryl/α,β-unsaturated/α-hetero) is 1. The largest absolute Gasteiger partial charge is 0.593 e. The molecule has 10 heavy (non-hydrogen) atoms. The number of likely N-dealkylation sites (N-methyl/N-ethyl adjacent to an activating group) is 1. The number of nitrogens with one attached hydrogen (secondary N) is 1. The van der Waals surface area contributed by atoms with E-state index in [0.717, 1.165) is 6.54 Å². The van der Waals surface area contributed by atoms with Gasteiger partial charge in [-0.3, -0.25) is 4.79 Å². The van der Waals surface area contributed by atoms with Gasteiger partial charge in [0, 0.05) is 6.04 Å². The van der Waals surface area contributed by atoms with Gasteiger partial charge >= 0.3 is 0 Å². The Morgan fingerprint density at radius 2 is 2.60 bits per heavy atom. The first-order valence-electron chi connectivity index (χ1n) is 3.45. The molecule has 2 saturated heterocycles. The summed E-state index contributed by atoms with van der Waals surface area (Å²) in [6, 6.07) is 0.317. The van der Waals surface area contributed by atoms with Gasteiger partial charge < -0.3 is 15.8 Å². The Hall–Kier alpha value is -0.450. The minimum absolute atomic E-state index is 0.0278. The fourth-order valence-corrected chi connectivity index (χ4v) is 1.61. The third kappa shape index (κ3) is 0.697. The van der Waals surface area contributed by atoms with Crippen molar-refractivity contribution in [3.63, 3.8) is 0 Å². The van der Waals surface area contributed by atoms with Gasteiger partial charge in [0.25, 0.3) is 0 Å². The molecular weight excluding hydrogens is 130 g/mol. The zero-order valence-electron chi connectivity index (χ0n) is 5.87. The van der Waals surface area contributed by atoms with Crippen LogP contribution in [-0.4, -0.2) is 43.0 Å². The van der Waals surface area contributed by atoms with Crippen molar-refractivity contribution in [3.8, 4) is 0 Å². The van der Waals surface area contributed by atoms with E-state index in [1.807, 2.05) is 7.05 Å². The van der Waals surface area contributed by atoms with Crippen molar-refractivity contribution in [1.82, 2.24) is 10.3 Å². The Balaban J connectivity index is 2.19. The summed E-state index contributed by atoms with van der Waals surface area (Å²) >= 11 is 0. The highest BCUT2D eigenvalue weighted by atomic mass is 16.1. The van der Waals surface area contributed by atoms with Gasteiger partial charge in [0.05, 0.1) is 12.6 Å². The molecule has 0 amide bonds. The van der Waals surface area contributed by atoms with Crippen LogP contribution in [-0.2, 0) is 4.79 Å². The van der Waals surface area contributed by atoms with Gasteiger partial charge in [0.2, 0.25) is 0 Å². The van der Waals surface area contributed by atoms with Gasteiger partial charge in [0.1, 0.15) is 0 Å². The molecule has 0 aromatic rings. The second-order valence-corrected chi connectivity index (χ2v) is 2.80. The molecule has 0 aromatic carbocycles. The maximum absolute atomic E-state index is 11.1. The van der Waals surface area contributed by atoms with E-state index in [-0.39, 0.29) is 17.9 Å². The molecule has 2 fully saturated rings. The first-order valence-corrected chi connectivity index (χ1v) is 3.45. The summed E-state index contributed by atoms with van der Waals surface area (Å²) in [4.78, 5) is 11.1. The summed E-state index contributed by atoms with van der Waals surface area (Å²) in [7, 11) is 1.86. The zero-order valence-corrected chi connectivity index (χ0v) is 5.87. The fourth-order valence-electron chi connectivity index (χ4n) is 1.61. The summed E-state index contributed by atoms with van der Waals surface area (Å²) in [5, 5.41) is 4.88. The smallest absolute Gasteiger partial charge is 0.163 e. The number of hydrogen-bond donors (Lipinski definition) is 1. The molecule has 0 aromatic heterocycles. The van der Waals surface area contributed by atoms with Crippen molar-refractivity contribution in [1.29, 1.82) is 0 Å². The maximum atomic E-state index is 11.1. The topological polar surface area (TPSA) is 46.4 Å². The van der Waals surface area contributed by atoms with Crippen molar-refractivity contribution in [2.75, 3.05) is 20.1 Å². The van der Waals surface area contributed by atoms with E-state index in [1.54, 1.807) is 5.01 Å². The van der Waals surface area contributed by atoms with E-state index in [1.165, 1.54) is 0 Å². The molecule has 56 valence electrons. The van der Waals surface area contributed by atoms with Crippen LogP contribution in [0.15, 0.2) is 0 Å². The summed E-state index contributed by atoms with van der Waals surface area (Å²) in [6.45, 7) is 1.28. The highest BCUT2D eigenvalue weighted by Gasteiger charge is 2.35. The number of hydrogen-bond acceptors (Lipinski definition) is 3. The van der Waals surface area contributed by atoms with Crippen molar-refractivity contribution in [3.05, 3.63) is 5.43 Å². The van der Waals surface area contributed by atoms with Crippen LogP contribution in [0.3, 0.4) is 0 Å².